The van der Waals surface area contributed by atoms with Crippen LogP contribution >= 0.6 is 0 Å². The highest BCUT2D eigenvalue weighted by Gasteiger charge is 2.40. The van der Waals surface area contributed by atoms with Gasteiger partial charge >= 0.3 is 6.18 Å². The standard InChI is InChI=1S/C14H24F3N3O3S/c1-24(22,23)20(10-14(15,16)17)12-4-7-19(8-5-12)13(21)11-3-2-6-18-9-11/h11-12,18H,2-10H2,1H3. The molecule has 2 aliphatic rings. The van der Waals surface area contributed by atoms with Crippen LogP contribution in [0.5, 0.6) is 0 Å². The number of carbonyl (C=O) groups is 1. The Balaban J connectivity index is 1.95. The summed E-state index contributed by atoms with van der Waals surface area (Å²) >= 11 is 0. The third-order valence-corrected chi connectivity index (χ3v) is 5.87. The maximum Gasteiger partial charge on any atom is 0.402 e. The van der Waals surface area contributed by atoms with Gasteiger partial charge in [-0.05, 0) is 32.2 Å². The largest absolute Gasteiger partial charge is 0.402 e. The zero-order chi connectivity index (χ0) is 18.0. The lowest BCUT2D eigenvalue weighted by molar-refractivity contribution is -0.144. The quantitative estimate of drug-likeness (QED) is 0.794. The minimum Gasteiger partial charge on any atom is -0.342 e. The second-order valence-corrected chi connectivity index (χ2v) is 8.46. The van der Waals surface area contributed by atoms with Crippen molar-refractivity contribution in [2.24, 2.45) is 5.92 Å². The number of nitrogens with one attached hydrogen (secondary N) is 1. The van der Waals surface area contributed by atoms with E-state index in [1.807, 2.05) is 0 Å². The van der Waals surface area contributed by atoms with Gasteiger partial charge < -0.3 is 10.2 Å². The Morgan fingerprint density at radius 1 is 1.25 bits per heavy atom. The number of likely N-dealkylation sites (tertiary alicyclic amines) is 1. The second kappa shape index (κ2) is 7.57. The summed E-state index contributed by atoms with van der Waals surface area (Å²) in [6, 6.07) is -0.713. The Morgan fingerprint density at radius 3 is 2.33 bits per heavy atom. The Bertz CT molecular complexity index is 539. The number of carbonyl (C=O) groups excluding carboxylic acids is 1. The van der Waals surface area contributed by atoms with Gasteiger partial charge in [0.2, 0.25) is 15.9 Å². The Kier molecular flexibility index (Phi) is 6.14. The van der Waals surface area contributed by atoms with Crippen molar-refractivity contribution in [2.45, 2.75) is 37.9 Å². The molecule has 0 aromatic rings. The molecule has 0 radical (unpaired) electrons. The molecule has 0 saturated carbocycles. The van der Waals surface area contributed by atoms with E-state index in [0.717, 1.165) is 25.6 Å². The van der Waals surface area contributed by atoms with Crippen LogP contribution in [-0.2, 0) is 14.8 Å². The number of hydrogen-bond donors (Lipinski definition) is 1. The van der Waals surface area contributed by atoms with Gasteiger partial charge in [0.25, 0.3) is 0 Å². The highest BCUT2D eigenvalue weighted by molar-refractivity contribution is 7.88. The van der Waals surface area contributed by atoms with Crippen LogP contribution in [0.25, 0.3) is 0 Å². The number of nitrogens with zero attached hydrogens (tertiary/aromatic N) is 2. The lowest BCUT2D eigenvalue weighted by atomic mass is 9.96. The van der Waals surface area contributed by atoms with E-state index in [4.69, 9.17) is 0 Å². The molecule has 1 amide bonds. The first-order valence-corrected chi connectivity index (χ1v) is 9.96. The maximum absolute atomic E-state index is 12.7. The summed E-state index contributed by atoms with van der Waals surface area (Å²) < 4.78 is 61.9. The van der Waals surface area contributed by atoms with Gasteiger partial charge in [-0.15, -0.1) is 0 Å². The van der Waals surface area contributed by atoms with Crippen molar-refractivity contribution in [3.05, 3.63) is 0 Å². The summed E-state index contributed by atoms with van der Waals surface area (Å²) in [6.45, 7) is 0.639. The Morgan fingerprint density at radius 2 is 1.88 bits per heavy atom. The van der Waals surface area contributed by atoms with Crippen LogP contribution in [0.4, 0.5) is 13.2 Å². The molecule has 6 nitrogen and oxygen atoms in total. The number of hydrogen-bond acceptors (Lipinski definition) is 4. The van der Waals surface area contributed by atoms with Crippen LogP contribution < -0.4 is 5.32 Å². The number of rotatable bonds is 4. The van der Waals surface area contributed by atoms with E-state index in [9.17, 15) is 26.4 Å². The zero-order valence-corrected chi connectivity index (χ0v) is 14.5. The van der Waals surface area contributed by atoms with Gasteiger partial charge in [0.1, 0.15) is 6.54 Å². The van der Waals surface area contributed by atoms with Gasteiger partial charge in [0.05, 0.1) is 12.2 Å². The molecule has 24 heavy (non-hydrogen) atoms. The van der Waals surface area contributed by atoms with Gasteiger partial charge in [0.15, 0.2) is 0 Å². The molecule has 1 N–H and O–H groups in total. The van der Waals surface area contributed by atoms with Crippen molar-refractivity contribution in [2.75, 3.05) is 39.0 Å². The first-order chi connectivity index (χ1) is 11.1. The van der Waals surface area contributed by atoms with E-state index in [-0.39, 0.29) is 24.7 Å². The van der Waals surface area contributed by atoms with Gasteiger partial charge in [-0.25, -0.2) is 8.42 Å². The fraction of sp³-hybridized carbons (Fsp3) is 0.929. The van der Waals surface area contributed by atoms with Crippen LogP contribution in [0.1, 0.15) is 25.7 Å². The Labute approximate surface area is 140 Å². The average Bonchev–Trinajstić information content (AvgIpc) is 2.51. The third kappa shape index (κ3) is 5.32. The Hall–Kier alpha value is -0.870. The molecule has 2 heterocycles. The molecular weight excluding hydrogens is 347 g/mol. The molecule has 2 rings (SSSR count). The predicted molar refractivity (Wildman–Crippen MR) is 82.8 cm³/mol. The molecule has 2 fully saturated rings. The molecular formula is C14H24F3N3O3S. The molecule has 0 aromatic carbocycles. The molecule has 10 heteroatoms. The predicted octanol–water partition coefficient (Wildman–Crippen LogP) is 0.801. The maximum atomic E-state index is 12.7. The average molecular weight is 371 g/mol. The molecule has 2 saturated heterocycles. The monoisotopic (exact) mass is 371 g/mol. The molecule has 1 unspecified atom stereocenters. The topological polar surface area (TPSA) is 69.7 Å². The SMILES string of the molecule is CS(=O)(=O)N(CC(F)(F)F)C1CCN(C(=O)C2CCCNC2)CC1. The summed E-state index contributed by atoms with van der Waals surface area (Å²) in [4.78, 5) is 14.1. The van der Waals surface area contributed by atoms with Gasteiger partial charge in [-0.1, -0.05) is 0 Å². The van der Waals surface area contributed by atoms with E-state index >= 15 is 0 Å². The van der Waals surface area contributed by atoms with Crippen molar-refractivity contribution in [3.8, 4) is 0 Å². The van der Waals surface area contributed by atoms with E-state index in [1.54, 1.807) is 4.90 Å². The van der Waals surface area contributed by atoms with Crippen LogP contribution in [0.3, 0.4) is 0 Å². The zero-order valence-electron chi connectivity index (χ0n) is 13.7. The van der Waals surface area contributed by atoms with E-state index < -0.39 is 28.8 Å². The smallest absolute Gasteiger partial charge is 0.342 e. The first kappa shape index (κ1) is 19.5. The molecule has 0 aliphatic carbocycles. The molecule has 0 spiro atoms. The van der Waals surface area contributed by atoms with E-state index in [1.165, 1.54) is 0 Å². The summed E-state index contributed by atoms with van der Waals surface area (Å²) in [6.07, 6.45) is -1.58. The van der Waals surface area contributed by atoms with Crippen molar-refractivity contribution in [1.29, 1.82) is 0 Å². The van der Waals surface area contributed by atoms with Crippen LogP contribution in [0.15, 0.2) is 0 Å². The van der Waals surface area contributed by atoms with Crippen LogP contribution in [-0.4, -0.2) is 74.7 Å². The molecule has 1 atom stereocenters. The first-order valence-electron chi connectivity index (χ1n) is 8.11. The molecule has 0 bridgehead atoms. The summed E-state index contributed by atoms with van der Waals surface area (Å²) in [5, 5.41) is 3.17. The number of alkyl halides is 3. The van der Waals surface area contributed by atoms with E-state index in [2.05, 4.69) is 5.32 Å². The van der Waals surface area contributed by atoms with Crippen LogP contribution in [0, 0.1) is 5.92 Å². The number of halogens is 3. The lowest BCUT2D eigenvalue weighted by Gasteiger charge is -2.39. The highest BCUT2D eigenvalue weighted by Crippen LogP contribution is 2.26. The molecule has 2 aliphatic heterocycles. The normalized spacial score (nSPS) is 24.4. The lowest BCUT2D eigenvalue weighted by Crippen LogP contribution is -2.52. The van der Waals surface area contributed by atoms with Gasteiger partial charge in [-0.3, -0.25) is 4.79 Å². The summed E-state index contributed by atoms with van der Waals surface area (Å²) in [7, 11) is -3.96. The van der Waals surface area contributed by atoms with Gasteiger partial charge in [-0.2, -0.15) is 17.5 Å². The summed E-state index contributed by atoms with van der Waals surface area (Å²) in [5.74, 6) is -0.0705. The molecule has 140 valence electrons. The van der Waals surface area contributed by atoms with Crippen molar-refractivity contribution in [1.82, 2.24) is 14.5 Å². The fourth-order valence-electron chi connectivity index (χ4n) is 3.39. The van der Waals surface area contributed by atoms with Crippen molar-refractivity contribution < 1.29 is 26.4 Å². The van der Waals surface area contributed by atoms with Crippen LogP contribution in [0.2, 0.25) is 0 Å². The highest BCUT2D eigenvalue weighted by atomic mass is 32.2. The van der Waals surface area contributed by atoms with Crippen molar-refractivity contribution >= 4 is 15.9 Å². The molecule has 0 aromatic heterocycles. The second-order valence-electron chi connectivity index (χ2n) is 6.52. The van der Waals surface area contributed by atoms with E-state index in [0.29, 0.717) is 23.9 Å². The van der Waals surface area contributed by atoms with Crippen molar-refractivity contribution in [3.63, 3.8) is 0 Å². The third-order valence-electron chi connectivity index (χ3n) is 4.59. The number of sulfonamides is 1. The minimum atomic E-state index is -4.58. The number of amides is 1. The minimum absolute atomic E-state index is 0.0161. The number of piperidine rings is 2. The summed E-state index contributed by atoms with van der Waals surface area (Å²) in [5.41, 5.74) is 0. The fourth-order valence-corrected chi connectivity index (χ4v) is 4.52. The van der Waals surface area contributed by atoms with Gasteiger partial charge in [0, 0.05) is 25.7 Å².